The van der Waals surface area contributed by atoms with E-state index in [1.165, 1.54) is 6.07 Å². The van der Waals surface area contributed by atoms with Gasteiger partial charge in [0, 0.05) is 6.20 Å². The largest absolute Gasteiger partial charge is 0.394 e. The Balaban J connectivity index is 2.66. The Morgan fingerprint density at radius 3 is 2.61 bits per heavy atom. The molecule has 0 unspecified atom stereocenters. The molecule has 11 nitrogen and oxygen atoms in total. The second-order valence-corrected chi connectivity index (χ2v) is 5.13. The molecule has 128 valence electrons. The molecule has 23 heavy (non-hydrogen) atoms. The number of aromatic nitrogens is 2. The maximum atomic E-state index is 12.6. The first-order valence-electron chi connectivity index (χ1n) is 6.70. The molecule has 1 aliphatic heterocycles. The van der Waals surface area contributed by atoms with E-state index >= 15 is 0 Å². The van der Waals surface area contributed by atoms with Crippen LogP contribution in [-0.4, -0.2) is 73.3 Å². The summed E-state index contributed by atoms with van der Waals surface area (Å²) in [7, 11) is 0. The molecule has 1 aromatic heterocycles. The zero-order valence-electron chi connectivity index (χ0n) is 11.9. The molecule has 0 radical (unpaired) electrons. The molecule has 0 spiro atoms. The van der Waals surface area contributed by atoms with Crippen LogP contribution in [0.25, 0.3) is 0 Å². The van der Waals surface area contributed by atoms with E-state index in [4.69, 9.17) is 21.3 Å². The third-order valence-corrected chi connectivity index (χ3v) is 3.69. The number of rotatable bonds is 5. The number of Topliss-reactive ketones (excluding diaryl/α,β-unsaturated/α-hetero) is 1. The van der Waals surface area contributed by atoms with Crippen molar-refractivity contribution in [2.75, 3.05) is 18.9 Å². The number of nitrogens with zero attached hydrogens (tertiary/aromatic N) is 2. The van der Waals surface area contributed by atoms with Crippen molar-refractivity contribution < 1.29 is 30.0 Å². The lowest BCUT2D eigenvalue weighted by molar-refractivity contribution is -0.178. The second-order valence-electron chi connectivity index (χ2n) is 5.13. The summed E-state index contributed by atoms with van der Waals surface area (Å²) >= 11 is 0. The van der Waals surface area contributed by atoms with E-state index < -0.39 is 54.8 Å². The summed E-state index contributed by atoms with van der Waals surface area (Å²) in [6.07, 6.45) is -3.89. The zero-order valence-corrected chi connectivity index (χ0v) is 11.9. The second kappa shape index (κ2) is 6.31. The van der Waals surface area contributed by atoms with E-state index in [1.807, 2.05) is 0 Å². The topological polar surface area (TPSA) is 194 Å². The van der Waals surface area contributed by atoms with Crippen molar-refractivity contribution in [3.05, 3.63) is 22.7 Å². The maximum absolute atomic E-state index is 12.6. The molecular weight excluding hydrogens is 312 g/mol. The van der Waals surface area contributed by atoms with Gasteiger partial charge < -0.3 is 36.6 Å². The lowest BCUT2D eigenvalue weighted by atomic mass is 9.94. The fourth-order valence-corrected chi connectivity index (χ4v) is 2.49. The lowest BCUT2D eigenvalue weighted by Gasteiger charge is -2.33. The summed E-state index contributed by atoms with van der Waals surface area (Å²) < 4.78 is 5.94. The van der Waals surface area contributed by atoms with Crippen molar-refractivity contribution in [3.8, 4) is 0 Å². The molecule has 1 fully saturated rings. The smallest absolute Gasteiger partial charge is 0.352 e. The highest BCUT2D eigenvalue weighted by Gasteiger charge is 2.61. The average Bonchev–Trinajstić information content (AvgIpc) is 2.79. The standard InChI is InChI=1S/C12H18N4O7/c13-5(3-17)9(20)12(10(21)8(19)6(4-18)23-12)16-2-1-7(14)15-11(16)22/h1-2,5-6,8,10,17-19,21H,3-4,13H2,(H2,14,15,22)/t5-,6+,8+,10+,12+/m0/s1. The molecule has 1 aliphatic rings. The number of ether oxygens (including phenoxy) is 1. The van der Waals surface area contributed by atoms with Crippen molar-refractivity contribution in [1.82, 2.24) is 9.55 Å². The number of nitrogens with two attached hydrogens (primary N) is 2. The number of anilines is 1. The monoisotopic (exact) mass is 330 g/mol. The summed E-state index contributed by atoms with van der Waals surface area (Å²) in [5.74, 6) is -1.19. The third-order valence-electron chi connectivity index (χ3n) is 3.69. The van der Waals surface area contributed by atoms with E-state index in [2.05, 4.69) is 4.98 Å². The van der Waals surface area contributed by atoms with E-state index in [-0.39, 0.29) is 5.82 Å². The molecule has 0 amide bonds. The predicted octanol–water partition coefficient (Wildman–Crippen LogP) is -4.52. The highest BCUT2D eigenvalue weighted by molar-refractivity contribution is 5.91. The van der Waals surface area contributed by atoms with Crippen LogP contribution in [0.2, 0.25) is 0 Å². The first-order valence-corrected chi connectivity index (χ1v) is 6.70. The van der Waals surface area contributed by atoms with Crippen LogP contribution in [0.15, 0.2) is 17.1 Å². The highest BCUT2D eigenvalue weighted by Crippen LogP contribution is 2.36. The number of hydrogen-bond donors (Lipinski definition) is 6. The molecule has 1 saturated heterocycles. The number of ketones is 1. The van der Waals surface area contributed by atoms with Gasteiger partial charge in [0.15, 0.2) is 0 Å². The normalized spacial score (nSPS) is 32.0. The van der Waals surface area contributed by atoms with Gasteiger partial charge in [-0.1, -0.05) is 0 Å². The predicted molar refractivity (Wildman–Crippen MR) is 74.9 cm³/mol. The minimum atomic E-state index is -2.44. The van der Waals surface area contributed by atoms with Crippen LogP contribution in [0.5, 0.6) is 0 Å². The van der Waals surface area contributed by atoms with Gasteiger partial charge in [0.05, 0.1) is 19.3 Å². The number of hydrogen-bond acceptors (Lipinski definition) is 10. The molecule has 0 aliphatic carbocycles. The van der Waals surface area contributed by atoms with Crippen LogP contribution < -0.4 is 17.2 Å². The van der Waals surface area contributed by atoms with Gasteiger partial charge in [0.2, 0.25) is 11.5 Å². The zero-order chi connectivity index (χ0) is 17.4. The minimum absolute atomic E-state index is 0.132. The van der Waals surface area contributed by atoms with Gasteiger partial charge in [-0.2, -0.15) is 4.98 Å². The third kappa shape index (κ3) is 2.63. The van der Waals surface area contributed by atoms with Crippen molar-refractivity contribution >= 4 is 11.6 Å². The van der Waals surface area contributed by atoms with E-state index in [1.54, 1.807) is 0 Å². The Bertz CT molecular complexity index is 651. The van der Waals surface area contributed by atoms with Gasteiger partial charge in [-0.05, 0) is 6.07 Å². The summed E-state index contributed by atoms with van der Waals surface area (Å²) in [6.45, 7) is -1.51. The minimum Gasteiger partial charge on any atom is -0.394 e. The summed E-state index contributed by atoms with van der Waals surface area (Å²) in [6, 6.07) is -0.325. The summed E-state index contributed by atoms with van der Waals surface area (Å²) in [5, 5.41) is 38.6. The molecule has 2 rings (SSSR count). The molecule has 8 N–H and O–H groups in total. The van der Waals surface area contributed by atoms with Crippen LogP contribution >= 0.6 is 0 Å². The van der Waals surface area contributed by atoms with Crippen LogP contribution in [0.4, 0.5) is 5.82 Å². The molecule has 1 aromatic rings. The fourth-order valence-electron chi connectivity index (χ4n) is 2.49. The Labute approximate surface area is 129 Å². The van der Waals surface area contributed by atoms with Crippen molar-refractivity contribution in [1.29, 1.82) is 0 Å². The SMILES string of the molecule is Nc1ccn([C@]2(C(=O)[C@@H](N)CO)O[C@H](CO)[C@@H](O)[C@H]2O)c(=O)n1. The number of carbonyl (C=O) groups excluding carboxylic acids is 1. The summed E-state index contributed by atoms with van der Waals surface area (Å²) in [5.41, 5.74) is 7.41. The van der Waals surface area contributed by atoms with Gasteiger partial charge >= 0.3 is 5.69 Å². The van der Waals surface area contributed by atoms with Crippen LogP contribution in [0, 0.1) is 0 Å². The van der Waals surface area contributed by atoms with E-state index in [0.717, 1.165) is 6.20 Å². The first-order chi connectivity index (χ1) is 10.8. The molecule has 5 atom stereocenters. The Kier molecular flexibility index (Phi) is 4.79. The maximum Gasteiger partial charge on any atom is 0.352 e. The van der Waals surface area contributed by atoms with Crippen LogP contribution in [-0.2, 0) is 15.3 Å². The molecule has 0 bridgehead atoms. The number of aliphatic hydroxyl groups excluding tert-OH is 4. The number of carbonyl (C=O) groups is 1. The Morgan fingerprint density at radius 2 is 2.13 bits per heavy atom. The van der Waals surface area contributed by atoms with Gasteiger partial charge in [0.1, 0.15) is 24.1 Å². The fraction of sp³-hybridized carbons (Fsp3) is 0.583. The van der Waals surface area contributed by atoms with E-state index in [9.17, 15) is 24.9 Å². The summed E-state index contributed by atoms with van der Waals surface area (Å²) in [4.78, 5) is 28.1. The van der Waals surface area contributed by atoms with Crippen LogP contribution in [0.1, 0.15) is 0 Å². The van der Waals surface area contributed by atoms with Gasteiger partial charge in [-0.15, -0.1) is 0 Å². The Morgan fingerprint density at radius 1 is 1.48 bits per heavy atom. The molecule has 0 saturated carbocycles. The number of nitrogen functional groups attached to an aromatic ring is 1. The van der Waals surface area contributed by atoms with Gasteiger partial charge in [0.25, 0.3) is 0 Å². The Hall–Kier alpha value is -1.89. The lowest BCUT2D eigenvalue weighted by Crippen LogP contribution is -2.60. The van der Waals surface area contributed by atoms with Crippen molar-refractivity contribution in [3.63, 3.8) is 0 Å². The molecule has 2 heterocycles. The van der Waals surface area contributed by atoms with Crippen molar-refractivity contribution in [2.45, 2.75) is 30.1 Å². The van der Waals surface area contributed by atoms with Crippen molar-refractivity contribution in [2.24, 2.45) is 5.73 Å². The molecular formula is C12H18N4O7. The average molecular weight is 330 g/mol. The molecule has 11 heteroatoms. The highest BCUT2D eigenvalue weighted by atomic mass is 16.6. The molecule has 0 aromatic carbocycles. The van der Waals surface area contributed by atoms with E-state index in [0.29, 0.717) is 4.57 Å². The van der Waals surface area contributed by atoms with Gasteiger partial charge in [-0.3, -0.25) is 9.36 Å². The quantitative estimate of drug-likeness (QED) is 0.306. The first kappa shape index (κ1) is 17.5. The van der Waals surface area contributed by atoms with Gasteiger partial charge in [-0.25, -0.2) is 4.79 Å². The number of aliphatic hydroxyl groups is 4. The van der Waals surface area contributed by atoms with Crippen LogP contribution in [0.3, 0.4) is 0 Å².